The molecule has 0 saturated carbocycles. The lowest BCUT2D eigenvalue weighted by molar-refractivity contribution is -0.137. The van der Waals surface area contributed by atoms with E-state index in [2.05, 4.69) is 5.32 Å². The number of aromatic nitrogens is 1. The van der Waals surface area contributed by atoms with E-state index in [9.17, 15) is 18.0 Å². The molecule has 35 heavy (non-hydrogen) atoms. The van der Waals surface area contributed by atoms with E-state index < -0.39 is 17.6 Å². The van der Waals surface area contributed by atoms with Crippen molar-refractivity contribution in [2.45, 2.75) is 33.6 Å². The molecule has 0 aliphatic heterocycles. The summed E-state index contributed by atoms with van der Waals surface area (Å²) in [7, 11) is 0. The number of para-hydroxylation sites is 1. The first-order chi connectivity index (χ1) is 16.6. The van der Waals surface area contributed by atoms with Gasteiger partial charge < -0.3 is 14.6 Å². The highest BCUT2D eigenvalue weighted by molar-refractivity contribution is 6.05. The number of ether oxygens (including phenoxy) is 1. The average Bonchev–Trinajstić information content (AvgIpc) is 3.12. The monoisotopic (exact) mass is 478 g/mol. The normalized spacial score (nSPS) is 11.4. The molecule has 0 aliphatic carbocycles. The molecule has 0 atom stereocenters. The van der Waals surface area contributed by atoms with Crippen LogP contribution in [0.3, 0.4) is 0 Å². The molecular weight excluding hydrogens is 453 g/mol. The van der Waals surface area contributed by atoms with Crippen LogP contribution in [0.2, 0.25) is 0 Å². The summed E-state index contributed by atoms with van der Waals surface area (Å²) < 4.78 is 48.1. The number of hydrogen-bond donors (Lipinski definition) is 1. The Morgan fingerprint density at radius 1 is 0.914 bits per heavy atom. The Balaban J connectivity index is 1.55. The van der Waals surface area contributed by atoms with Gasteiger partial charge in [0.05, 0.1) is 16.8 Å². The standard InChI is InChI=1S/C28H25F3N2O2/c1-18-9-4-5-10-21(18)17-35-23-12-8-11-22(16-23)32-27(34)24-15-19(2)33(20(24)3)26-14-7-6-13-25(26)28(29,30)31/h4-16H,17H2,1-3H3,(H,32,34). The highest BCUT2D eigenvalue weighted by Crippen LogP contribution is 2.35. The number of amides is 1. The second kappa shape index (κ2) is 9.70. The van der Waals surface area contributed by atoms with E-state index in [0.717, 1.165) is 17.2 Å². The van der Waals surface area contributed by atoms with Crippen LogP contribution in [0.1, 0.15) is 38.4 Å². The van der Waals surface area contributed by atoms with Crippen LogP contribution >= 0.6 is 0 Å². The number of nitrogens with one attached hydrogen (secondary N) is 1. The molecule has 1 heterocycles. The lowest BCUT2D eigenvalue weighted by Gasteiger charge is -2.17. The minimum absolute atomic E-state index is 0.0133. The maximum absolute atomic E-state index is 13.6. The van der Waals surface area contributed by atoms with Crippen LogP contribution in [0.5, 0.6) is 5.75 Å². The quantitative estimate of drug-likeness (QED) is 0.317. The number of nitrogens with zero attached hydrogens (tertiary/aromatic N) is 1. The van der Waals surface area contributed by atoms with Gasteiger partial charge in [0.2, 0.25) is 0 Å². The molecular formula is C28H25F3N2O2. The first kappa shape index (κ1) is 24.1. The van der Waals surface area contributed by atoms with Crippen LogP contribution in [-0.4, -0.2) is 10.5 Å². The minimum Gasteiger partial charge on any atom is -0.489 e. The summed E-state index contributed by atoms with van der Waals surface area (Å²) >= 11 is 0. The second-order valence-electron chi connectivity index (χ2n) is 8.33. The summed E-state index contributed by atoms with van der Waals surface area (Å²) in [6.07, 6.45) is -4.51. The summed E-state index contributed by atoms with van der Waals surface area (Å²) in [5, 5.41) is 2.83. The zero-order valence-electron chi connectivity index (χ0n) is 19.6. The van der Waals surface area contributed by atoms with Crippen molar-refractivity contribution in [1.82, 2.24) is 4.57 Å². The maximum atomic E-state index is 13.6. The van der Waals surface area contributed by atoms with Crippen molar-refractivity contribution in [2.75, 3.05) is 5.32 Å². The average molecular weight is 479 g/mol. The fourth-order valence-corrected chi connectivity index (χ4v) is 4.07. The molecule has 1 aromatic heterocycles. The molecule has 0 spiro atoms. The number of anilines is 1. The Hall–Kier alpha value is -4.00. The van der Waals surface area contributed by atoms with Gasteiger partial charge in [-0.05, 0) is 62.2 Å². The number of carbonyl (C=O) groups excluding carboxylic acids is 1. The third-order valence-electron chi connectivity index (χ3n) is 5.87. The van der Waals surface area contributed by atoms with E-state index in [4.69, 9.17) is 4.74 Å². The highest BCUT2D eigenvalue weighted by Gasteiger charge is 2.34. The van der Waals surface area contributed by atoms with Gasteiger partial charge in [-0.3, -0.25) is 4.79 Å². The summed E-state index contributed by atoms with van der Waals surface area (Å²) in [6.45, 7) is 5.72. The third kappa shape index (κ3) is 5.24. The van der Waals surface area contributed by atoms with Gasteiger partial charge in [0.15, 0.2) is 0 Å². The van der Waals surface area contributed by atoms with Gasteiger partial charge >= 0.3 is 6.18 Å². The van der Waals surface area contributed by atoms with Gasteiger partial charge in [-0.15, -0.1) is 0 Å². The van der Waals surface area contributed by atoms with Crippen molar-refractivity contribution in [2.24, 2.45) is 0 Å². The predicted octanol–water partition coefficient (Wildman–Crippen LogP) is 7.25. The Kier molecular flexibility index (Phi) is 6.69. The predicted molar refractivity (Wildman–Crippen MR) is 130 cm³/mol. The number of rotatable bonds is 6. The SMILES string of the molecule is Cc1ccccc1COc1cccc(NC(=O)c2cc(C)n(-c3ccccc3C(F)(F)F)c2C)c1. The first-order valence-corrected chi connectivity index (χ1v) is 11.1. The fraction of sp³-hybridized carbons (Fsp3) is 0.179. The first-order valence-electron chi connectivity index (χ1n) is 11.1. The van der Waals surface area contributed by atoms with E-state index in [0.29, 0.717) is 35.0 Å². The van der Waals surface area contributed by atoms with Crippen LogP contribution in [0.4, 0.5) is 18.9 Å². The van der Waals surface area contributed by atoms with E-state index in [1.54, 1.807) is 50.2 Å². The molecule has 0 fully saturated rings. The topological polar surface area (TPSA) is 43.3 Å². The summed E-state index contributed by atoms with van der Waals surface area (Å²) in [4.78, 5) is 13.1. The molecule has 1 amide bonds. The Bertz CT molecular complexity index is 1370. The lowest BCUT2D eigenvalue weighted by atomic mass is 10.1. The third-order valence-corrected chi connectivity index (χ3v) is 5.87. The van der Waals surface area contributed by atoms with E-state index in [1.165, 1.54) is 16.7 Å². The van der Waals surface area contributed by atoms with Gasteiger partial charge in [0, 0.05) is 23.1 Å². The molecule has 4 aromatic rings. The molecule has 0 saturated heterocycles. The van der Waals surface area contributed by atoms with E-state index in [-0.39, 0.29) is 5.69 Å². The molecule has 1 N–H and O–H groups in total. The summed E-state index contributed by atoms with van der Waals surface area (Å²) in [5.41, 5.74) is 3.19. The van der Waals surface area contributed by atoms with Crippen molar-refractivity contribution in [3.05, 3.63) is 113 Å². The van der Waals surface area contributed by atoms with Gasteiger partial charge in [-0.1, -0.05) is 42.5 Å². The fourth-order valence-electron chi connectivity index (χ4n) is 4.07. The highest BCUT2D eigenvalue weighted by atomic mass is 19.4. The number of carbonyl (C=O) groups is 1. The molecule has 3 aromatic carbocycles. The van der Waals surface area contributed by atoms with Crippen LogP contribution < -0.4 is 10.1 Å². The van der Waals surface area contributed by atoms with Gasteiger partial charge in [0.1, 0.15) is 12.4 Å². The molecule has 0 bridgehead atoms. The van der Waals surface area contributed by atoms with Crippen molar-refractivity contribution in [3.63, 3.8) is 0 Å². The number of halogens is 3. The lowest BCUT2D eigenvalue weighted by Crippen LogP contribution is -2.15. The molecule has 180 valence electrons. The zero-order chi connectivity index (χ0) is 25.2. The Labute approximate surface area is 202 Å². The molecule has 0 radical (unpaired) electrons. The van der Waals surface area contributed by atoms with E-state index in [1.807, 2.05) is 31.2 Å². The van der Waals surface area contributed by atoms with Crippen molar-refractivity contribution in [1.29, 1.82) is 0 Å². The van der Waals surface area contributed by atoms with Crippen LogP contribution in [0, 0.1) is 20.8 Å². The number of hydrogen-bond acceptors (Lipinski definition) is 2. The number of alkyl halides is 3. The van der Waals surface area contributed by atoms with E-state index >= 15 is 0 Å². The Morgan fingerprint density at radius 2 is 1.63 bits per heavy atom. The second-order valence-corrected chi connectivity index (χ2v) is 8.33. The van der Waals surface area contributed by atoms with Gasteiger partial charge in [0.25, 0.3) is 5.91 Å². The smallest absolute Gasteiger partial charge is 0.418 e. The van der Waals surface area contributed by atoms with Crippen molar-refractivity contribution in [3.8, 4) is 11.4 Å². The zero-order valence-corrected chi connectivity index (χ0v) is 19.6. The minimum atomic E-state index is -4.51. The molecule has 7 heteroatoms. The summed E-state index contributed by atoms with van der Waals surface area (Å²) in [6, 6.07) is 21.9. The molecule has 4 rings (SSSR count). The van der Waals surface area contributed by atoms with Crippen LogP contribution in [-0.2, 0) is 12.8 Å². The van der Waals surface area contributed by atoms with Crippen LogP contribution in [0.25, 0.3) is 5.69 Å². The van der Waals surface area contributed by atoms with Gasteiger partial charge in [-0.25, -0.2) is 0 Å². The molecule has 4 nitrogen and oxygen atoms in total. The van der Waals surface area contributed by atoms with Crippen molar-refractivity contribution < 1.29 is 22.7 Å². The molecule has 0 aliphatic rings. The largest absolute Gasteiger partial charge is 0.489 e. The van der Waals surface area contributed by atoms with Crippen molar-refractivity contribution >= 4 is 11.6 Å². The maximum Gasteiger partial charge on any atom is 0.418 e. The summed E-state index contributed by atoms with van der Waals surface area (Å²) in [5.74, 6) is 0.181. The molecule has 0 unspecified atom stereocenters. The number of aryl methyl sites for hydroxylation is 2. The van der Waals surface area contributed by atoms with Gasteiger partial charge in [-0.2, -0.15) is 13.2 Å². The number of benzene rings is 3. The Morgan fingerprint density at radius 3 is 2.37 bits per heavy atom. The van der Waals surface area contributed by atoms with Crippen LogP contribution in [0.15, 0.2) is 78.9 Å².